The molecule has 2 rings (SSSR count). The van der Waals surface area contributed by atoms with Gasteiger partial charge in [-0.15, -0.1) is 0 Å². The zero-order chi connectivity index (χ0) is 31.7. The fraction of sp³-hybridized carbons (Fsp3) is 0.500. The summed E-state index contributed by atoms with van der Waals surface area (Å²) in [6.45, 7) is 0.164. The molecule has 1 saturated heterocycles. The van der Waals surface area contributed by atoms with Crippen LogP contribution in [0.5, 0.6) is 5.75 Å². The smallest absolute Gasteiger partial charge is 0.338 e. The van der Waals surface area contributed by atoms with Crippen LogP contribution < -0.4 is 16.4 Å². The van der Waals surface area contributed by atoms with Gasteiger partial charge in [-0.1, -0.05) is 6.07 Å². The highest BCUT2D eigenvalue weighted by Crippen LogP contribution is 2.27. The first-order valence-electron chi connectivity index (χ1n) is 12.2. The van der Waals surface area contributed by atoms with E-state index in [0.29, 0.717) is 0 Å². The molecular formula is C24H31N3O15. The maximum atomic E-state index is 12.9. The molecule has 0 radical (unpaired) electrons. The Bertz CT molecular complexity index is 1180. The second kappa shape index (κ2) is 15.0. The Morgan fingerprint density at radius 2 is 1.40 bits per heavy atom. The van der Waals surface area contributed by atoms with Crippen molar-refractivity contribution in [1.82, 2.24) is 5.32 Å². The third kappa shape index (κ3) is 8.57. The number of phenols is 1. The quantitative estimate of drug-likeness (QED) is 0.0702. The first-order valence-corrected chi connectivity index (χ1v) is 12.2. The summed E-state index contributed by atoms with van der Waals surface area (Å²) in [4.78, 5) is 73.4. The summed E-state index contributed by atoms with van der Waals surface area (Å²) < 4.78 is 19.4. The molecule has 1 fully saturated rings. The minimum atomic E-state index is -2.33. The average molecular weight is 602 g/mol. The summed E-state index contributed by atoms with van der Waals surface area (Å²) in [5.41, 5.74) is 5.00. The molecule has 0 saturated carbocycles. The molecule has 1 heterocycles. The van der Waals surface area contributed by atoms with Gasteiger partial charge in [-0.3, -0.25) is 14.4 Å². The topological polar surface area (TPSA) is 291 Å². The number of ether oxygens (including phenoxy) is 4. The molecule has 0 unspecified atom stereocenters. The van der Waals surface area contributed by atoms with Crippen molar-refractivity contribution < 1.29 is 73.2 Å². The highest BCUT2D eigenvalue weighted by molar-refractivity contribution is 6.01. The number of nitrogens with one attached hydrogen (secondary N) is 2. The highest BCUT2D eigenvalue weighted by atomic mass is 16.6. The van der Waals surface area contributed by atoms with Crippen LogP contribution in [0.15, 0.2) is 18.2 Å². The van der Waals surface area contributed by atoms with Gasteiger partial charge in [0.2, 0.25) is 6.41 Å². The molecule has 18 heteroatoms. The summed E-state index contributed by atoms with van der Waals surface area (Å²) in [5, 5.41) is 55.0. The predicted octanol–water partition coefficient (Wildman–Crippen LogP) is -4.21. The van der Waals surface area contributed by atoms with Crippen LogP contribution >= 0.6 is 0 Å². The molecule has 1 aromatic carbocycles. The van der Waals surface area contributed by atoms with Crippen molar-refractivity contribution in [2.24, 2.45) is 5.73 Å². The first-order chi connectivity index (χ1) is 19.7. The minimum absolute atomic E-state index is 0.165. The lowest BCUT2D eigenvalue weighted by Crippen LogP contribution is -2.52. The summed E-state index contributed by atoms with van der Waals surface area (Å²) in [5.74, 6) is -7.44. The standard InChI is InChI=1S/C24H31N3O15/c1-9-15(25)21(35)39-6-13(29)19(33)24(38)42-10(2)16(22(36)40-7-14(30)18(32)23(37)41-9)27-20(34)11-4-3-5-12(17(11)31)26-8-28/h3-5,8-10,13-16,18-19,29-33H,6-7,25H2,1-2H3,(H,26,28)(H,27,34)/t9-,10-,13+,14+,15+,16+,18-,19-/m1/s1. The van der Waals surface area contributed by atoms with E-state index in [1.807, 2.05) is 0 Å². The highest BCUT2D eigenvalue weighted by Gasteiger charge is 2.38. The maximum absolute atomic E-state index is 12.9. The third-order valence-electron chi connectivity index (χ3n) is 5.89. The summed E-state index contributed by atoms with van der Waals surface area (Å²) in [6, 6.07) is 0.0838. The van der Waals surface area contributed by atoms with E-state index < -0.39 is 103 Å². The number of aliphatic hydroxyl groups excluding tert-OH is 4. The number of phenolic OH excluding ortho intramolecular Hbond substituents is 1. The van der Waals surface area contributed by atoms with E-state index in [4.69, 9.17) is 24.7 Å². The van der Waals surface area contributed by atoms with Crippen molar-refractivity contribution in [3.63, 3.8) is 0 Å². The molecule has 18 nitrogen and oxygen atoms in total. The van der Waals surface area contributed by atoms with E-state index >= 15 is 0 Å². The molecule has 0 spiro atoms. The van der Waals surface area contributed by atoms with Crippen molar-refractivity contribution in [2.75, 3.05) is 18.5 Å². The molecule has 2 amide bonds. The largest absolute Gasteiger partial charge is 0.505 e. The van der Waals surface area contributed by atoms with Crippen molar-refractivity contribution in [3.8, 4) is 5.75 Å². The van der Waals surface area contributed by atoms with Gasteiger partial charge in [-0.25, -0.2) is 14.4 Å². The van der Waals surface area contributed by atoms with Gasteiger partial charge in [0.05, 0.1) is 11.3 Å². The van der Waals surface area contributed by atoms with Gasteiger partial charge < -0.3 is 60.8 Å². The Morgan fingerprint density at radius 3 is 1.95 bits per heavy atom. The molecule has 1 aliphatic heterocycles. The van der Waals surface area contributed by atoms with Gasteiger partial charge >= 0.3 is 23.9 Å². The van der Waals surface area contributed by atoms with Crippen LogP contribution in [0.2, 0.25) is 0 Å². The second-order valence-electron chi connectivity index (χ2n) is 9.01. The number of hydrogen-bond acceptors (Lipinski definition) is 16. The summed E-state index contributed by atoms with van der Waals surface area (Å²) in [7, 11) is 0. The molecule has 1 aromatic rings. The van der Waals surface area contributed by atoms with Gasteiger partial charge in [-0.05, 0) is 26.0 Å². The number of rotatable bonds is 4. The van der Waals surface area contributed by atoms with Gasteiger partial charge in [0, 0.05) is 0 Å². The number of nitrogens with two attached hydrogens (primary N) is 1. The van der Waals surface area contributed by atoms with Gasteiger partial charge in [0.1, 0.15) is 43.7 Å². The number of cyclic esters (lactones) is 4. The zero-order valence-corrected chi connectivity index (χ0v) is 22.2. The predicted molar refractivity (Wildman–Crippen MR) is 134 cm³/mol. The molecule has 1 aliphatic rings. The van der Waals surface area contributed by atoms with E-state index in [0.717, 1.165) is 19.9 Å². The first kappa shape index (κ1) is 33.8. The normalized spacial score (nSPS) is 30.4. The molecule has 9 N–H and O–H groups in total. The Hall–Kier alpha value is -4.36. The lowest BCUT2D eigenvalue weighted by atomic mass is 10.1. The number of carbonyl (C=O) groups excluding carboxylic acids is 6. The van der Waals surface area contributed by atoms with Gasteiger partial charge in [0.15, 0.2) is 24.0 Å². The Morgan fingerprint density at radius 1 is 0.881 bits per heavy atom. The van der Waals surface area contributed by atoms with Gasteiger partial charge in [-0.2, -0.15) is 0 Å². The number of esters is 4. The number of benzene rings is 1. The second-order valence-corrected chi connectivity index (χ2v) is 9.01. The number of aliphatic hydroxyl groups is 4. The van der Waals surface area contributed by atoms with E-state index in [-0.39, 0.29) is 12.1 Å². The minimum Gasteiger partial charge on any atom is -0.505 e. The Balaban J connectivity index is 2.37. The number of carbonyl (C=O) groups is 6. The van der Waals surface area contributed by atoms with Crippen LogP contribution in [0.4, 0.5) is 5.69 Å². The number of hydrogen-bond donors (Lipinski definition) is 8. The zero-order valence-electron chi connectivity index (χ0n) is 22.2. The SMILES string of the molecule is C[C@H]1OC(=O)[C@H](O)[C@@H](O)COC(=O)[C@@H](NC(=O)c2cccc(NC=O)c2O)[C@@H](C)OC(=O)[C@H](O)[C@@H](O)COC(=O)[C@H]1N. The van der Waals surface area contributed by atoms with Crippen LogP contribution in [-0.4, -0.2) is 124 Å². The van der Waals surface area contributed by atoms with Crippen LogP contribution in [0.25, 0.3) is 0 Å². The molecule has 0 bridgehead atoms. The lowest BCUT2D eigenvalue weighted by molar-refractivity contribution is -0.179. The molecule has 0 aliphatic carbocycles. The van der Waals surface area contributed by atoms with Gasteiger partial charge in [0.25, 0.3) is 5.91 Å². The van der Waals surface area contributed by atoms with Crippen molar-refractivity contribution in [1.29, 1.82) is 0 Å². The fourth-order valence-electron chi connectivity index (χ4n) is 3.35. The monoisotopic (exact) mass is 601 g/mol. The fourth-order valence-corrected chi connectivity index (χ4v) is 3.35. The number of anilines is 1. The van der Waals surface area contributed by atoms with E-state index in [9.17, 15) is 54.3 Å². The molecule has 232 valence electrons. The number of para-hydroxylation sites is 1. The molecule has 8 atom stereocenters. The lowest BCUT2D eigenvalue weighted by Gasteiger charge is -2.27. The van der Waals surface area contributed by atoms with Crippen molar-refractivity contribution >= 4 is 41.9 Å². The van der Waals surface area contributed by atoms with E-state index in [2.05, 4.69) is 10.6 Å². The molecule has 0 aromatic heterocycles. The van der Waals surface area contributed by atoms with E-state index in [1.165, 1.54) is 12.1 Å². The number of aromatic hydroxyl groups is 1. The van der Waals surface area contributed by atoms with Crippen molar-refractivity contribution in [2.45, 2.75) is 62.6 Å². The number of amides is 2. The third-order valence-corrected chi connectivity index (χ3v) is 5.89. The average Bonchev–Trinajstić information content (AvgIpc) is 2.95. The van der Waals surface area contributed by atoms with Crippen LogP contribution in [0.1, 0.15) is 24.2 Å². The van der Waals surface area contributed by atoms with E-state index in [1.54, 1.807) is 0 Å². The van der Waals surface area contributed by atoms with Crippen LogP contribution in [0, 0.1) is 0 Å². The Kier molecular flexibility index (Phi) is 12.1. The summed E-state index contributed by atoms with van der Waals surface area (Å²) in [6.07, 6.45) is -11.6. The molecular weight excluding hydrogens is 570 g/mol. The Labute approximate surface area is 237 Å². The van der Waals surface area contributed by atoms with Crippen LogP contribution in [0.3, 0.4) is 0 Å². The molecule has 42 heavy (non-hydrogen) atoms. The van der Waals surface area contributed by atoms with Crippen LogP contribution in [-0.2, 0) is 42.9 Å². The maximum Gasteiger partial charge on any atom is 0.338 e. The van der Waals surface area contributed by atoms with Crippen molar-refractivity contribution in [3.05, 3.63) is 23.8 Å². The summed E-state index contributed by atoms with van der Waals surface area (Å²) >= 11 is 0.